The number of nitrogens with zero attached hydrogens (tertiary/aromatic N) is 2. The molecule has 1 amide bonds. The minimum Gasteiger partial charge on any atom is -0.449 e. The third-order valence-corrected chi connectivity index (χ3v) is 5.96. The third kappa shape index (κ3) is 5.58. The Kier molecular flexibility index (Phi) is 7.07. The van der Waals surface area contributed by atoms with Gasteiger partial charge in [0.15, 0.2) is 5.69 Å². The van der Waals surface area contributed by atoms with E-state index in [4.69, 9.17) is 4.74 Å². The number of aromatic nitrogens is 2. The second kappa shape index (κ2) is 9.60. The highest BCUT2D eigenvalue weighted by molar-refractivity contribution is 7.90. The van der Waals surface area contributed by atoms with E-state index in [-0.39, 0.29) is 22.9 Å². The van der Waals surface area contributed by atoms with Crippen LogP contribution in [0.5, 0.6) is 0 Å². The fourth-order valence-electron chi connectivity index (χ4n) is 3.00. The van der Waals surface area contributed by atoms with Gasteiger partial charge in [0, 0.05) is 0 Å². The van der Waals surface area contributed by atoms with E-state index in [0.29, 0.717) is 18.4 Å². The fourth-order valence-corrected chi connectivity index (χ4v) is 3.89. The van der Waals surface area contributed by atoms with E-state index in [1.165, 1.54) is 24.3 Å². The Labute approximate surface area is 183 Å². The van der Waals surface area contributed by atoms with E-state index in [1.54, 1.807) is 10.8 Å². The first kappa shape index (κ1) is 23.6. The normalized spacial score (nSPS) is 14.2. The Morgan fingerprint density at radius 3 is 2.53 bits per heavy atom. The Balaban J connectivity index is 1.88. The van der Waals surface area contributed by atoms with Gasteiger partial charge in [0.25, 0.3) is 10.0 Å². The van der Waals surface area contributed by atoms with Crippen LogP contribution in [0, 0.1) is 0 Å². The van der Waals surface area contributed by atoms with Crippen molar-refractivity contribution in [1.82, 2.24) is 14.5 Å². The number of nitrogens with one attached hydrogen (secondary N) is 1. The van der Waals surface area contributed by atoms with Gasteiger partial charge in [-0.25, -0.2) is 22.6 Å². The predicted molar refractivity (Wildman–Crippen MR) is 111 cm³/mol. The molecular formula is C21H22F3N3O4S. The number of ether oxygens (including phenoxy) is 1. The first-order valence-electron chi connectivity index (χ1n) is 9.96. The first-order chi connectivity index (χ1) is 15.1. The topological polar surface area (TPSA) is 90.3 Å². The molecule has 1 aromatic carbocycles. The monoisotopic (exact) mass is 469 g/mol. The molecular weight excluding hydrogens is 447 g/mol. The molecule has 0 aliphatic heterocycles. The number of hydrogen-bond donors (Lipinski definition) is 1. The van der Waals surface area contributed by atoms with Crippen molar-refractivity contribution in [2.75, 3.05) is 6.61 Å². The molecule has 32 heavy (non-hydrogen) atoms. The molecule has 7 nitrogen and oxygen atoms in total. The van der Waals surface area contributed by atoms with E-state index >= 15 is 0 Å². The van der Waals surface area contributed by atoms with Crippen molar-refractivity contribution in [2.24, 2.45) is 0 Å². The Bertz CT molecular complexity index is 1130. The van der Waals surface area contributed by atoms with E-state index in [0.717, 1.165) is 23.6 Å². The summed E-state index contributed by atoms with van der Waals surface area (Å²) in [6.07, 6.45) is 2.54. The second-order valence-corrected chi connectivity index (χ2v) is 8.73. The van der Waals surface area contributed by atoms with Gasteiger partial charge in [-0.1, -0.05) is 31.6 Å². The number of benzene rings is 1. The lowest BCUT2D eigenvalue weighted by molar-refractivity contribution is -0.141. The van der Waals surface area contributed by atoms with Crippen molar-refractivity contribution in [3.63, 3.8) is 0 Å². The highest BCUT2D eigenvalue weighted by Crippen LogP contribution is 2.33. The fraction of sp³-hybridized carbons (Fsp3) is 0.333. The van der Waals surface area contributed by atoms with Gasteiger partial charge in [-0.05, 0) is 55.2 Å². The van der Waals surface area contributed by atoms with E-state index in [2.05, 4.69) is 5.10 Å². The highest BCUT2D eigenvalue weighted by Gasteiger charge is 2.35. The molecule has 1 aliphatic rings. The Morgan fingerprint density at radius 1 is 1.22 bits per heavy atom. The van der Waals surface area contributed by atoms with Crippen LogP contribution in [0.4, 0.5) is 18.0 Å². The molecule has 1 N–H and O–H groups in total. The summed E-state index contributed by atoms with van der Waals surface area (Å²) in [7, 11) is -4.20. The number of halogens is 3. The zero-order chi connectivity index (χ0) is 23.4. The van der Waals surface area contributed by atoms with Gasteiger partial charge in [0.1, 0.15) is 0 Å². The lowest BCUT2D eigenvalue weighted by Crippen LogP contribution is -2.31. The molecule has 11 heteroatoms. The first-order valence-corrected chi connectivity index (χ1v) is 11.4. The van der Waals surface area contributed by atoms with Crippen molar-refractivity contribution >= 4 is 21.7 Å². The van der Waals surface area contributed by atoms with Crippen molar-refractivity contribution < 1.29 is 31.1 Å². The summed E-state index contributed by atoms with van der Waals surface area (Å²) in [5.41, 5.74) is 0.00866. The van der Waals surface area contributed by atoms with Gasteiger partial charge in [-0.15, -0.1) is 0 Å². The van der Waals surface area contributed by atoms with E-state index in [1.807, 2.05) is 19.1 Å². The maximum atomic E-state index is 13.3. The third-order valence-electron chi connectivity index (χ3n) is 4.63. The van der Waals surface area contributed by atoms with Crippen LogP contribution >= 0.6 is 0 Å². The summed E-state index contributed by atoms with van der Waals surface area (Å²) in [5.74, 6) is 0. The lowest BCUT2D eigenvalue weighted by atomic mass is 10.0. The molecule has 0 saturated carbocycles. The van der Waals surface area contributed by atoms with Gasteiger partial charge in [0.2, 0.25) is 0 Å². The number of unbranched alkanes of at least 4 members (excludes halogenated alkanes) is 1. The van der Waals surface area contributed by atoms with Crippen LogP contribution in [0.3, 0.4) is 0 Å². The van der Waals surface area contributed by atoms with Crippen molar-refractivity contribution in [1.29, 1.82) is 0 Å². The predicted octanol–water partition coefficient (Wildman–Crippen LogP) is 4.84. The maximum Gasteiger partial charge on any atom is 0.435 e. The Morgan fingerprint density at radius 2 is 1.94 bits per heavy atom. The molecule has 0 atom stereocenters. The number of sulfonamides is 1. The van der Waals surface area contributed by atoms with Crippen LogP contribution < -0.4 is 4.72 Å². The molecule has 0 radical (unpaired) electrons. The van der Waals surface area contributed by atoms with Crippen molar-refractivity contribution in [2.45, 2.75) is 43.7 Å². The number of amides is 1. The molecule has 172 valence electrons. The second-order valence-electron chi connectivity index (χ2n) is 7.05. The standard InChI is InChI=1S/C21H22F3N3O4S/c1-2-3-13-31-20(28)26-32(29,30)17-11-9-16(10-12-17)27-18(15-7-5-4-6-8-15)14-19(25-27)21(22,23)24/h5,7-12,14H,2-4,6,13H2,1H3,(H,26,28). The molecule has 3 rings (SSSR count). The minimum atomic E-state index is -4.63. The quantitative estimate of drug-likeness (QED) is 0.586. The summed E-state index contributed by atoms with van der Waals surface area (Å²) >= 11 is 0. The van der Waals surface area contributed by atoms with Crippen LogP contribution in [0.15, 0.2) is 53.5 Å². The van der Waals surface area contributed by atoms with E-state index in [9.17, 15) is 26.4 Å². The van der Waals surface area contributed by atoms with Gasteiger partial charge in [-0.3, -0.25) is 0 Å². The molecule has 1 aliphatic carbocycles. The van der Waals surface area contributed by atoms with Crippen LogP contribution in [0.1, 0.15) is 44.0 Å². The molecule has 2 aromatic rings. The molecule has 0 saturated heterocycles. The SMILES string of the molecule is CCCCOC(=O)NS(=O)(=O)c1ccc(-n2nc(C(F)(F)F)cc2C2=CCCC=C2)cc1. The molecule has 1 heterocycles. The van der Waals surface area contributed by atoms with Crippen LogP contribution in [-0.2, 0) is 20.9 Å². The summed E-state index contributed by atoms with van der Waals surface area (Å²) in [6.45, 7) is 1.98. The number of carbonyl (C=O) groups excluding carboxylic acids is 1. The van der Waals surface area contributed by atoms with Crippen molar-refractivity contribution in [3.05, 3.63) is 59.9 Å². The van der Waals surface area contributed by atoms with Gasteiger partial charge >= 0.3 is 12.3 Å². The number of rotatable bonds is 7. The van der Waals surface area contributed by atoms with Crippen LogP contribution in [-0.4, -0.2) is 30.9 Å². The molecule has 0 bridgehead atoms. The number of carbonyl (C=O) groups is 1. The van der Waals surface area contributed by atoms with Crippen LogP contribution in [0.2, 0.25) is 0 Å². The van der Waals surface area contributed by atoms with Crippen molar-refractivity contribution in [3.8, 4) is 5.69 Å². The number of hydrogen-bond acceptors (Lipinski definition) is 5. The maximum absolute atomic E-state index is 13.3. The highest BCUT2D eigenvalue weighted by atomic mass is 32.2. The zero-order valence-corrected chi connectivity index (χ0v) is 18.0. The van der Waals surface area contributed by atoms with Gasteiger partial charge in [0.05, 0.1) is 22.9 Å². The summed E-state index contributed by atoms with van der Waals surface area (Å²) in [5, 5.41) is 3.69. The number of allylic oxidation sites excluding steroid dienone is 4. The summed E-state index contributed by atoms with van der Waals surface area (Å²) < 4.78 is 72.3. The van der Waals surface area contributed by atoms with Gasteiger partial charge < -0.3 is 4.74 Å². The molecule has 0 fully saturated rings. The van der Waals surface area contributed by atoms with E-state index < -0.39 is 28.0 Å². The molecule has 0 spiro atoms. The Hall–Kier alpha value is -3.08. The molecule has 1 aromatic heterocycles. The minimum absolute atomic E-state index is 0.0880. The summed E-state index contributed by atoms with van der Waals surface area (Å²) in [4.78, 5) is 11.4. The average molecular weight is 469 g/mol. The number of alkyl halides is 3. The van der Waals surface area contributed by atoms with Crippen LogP contribution in [0.25, 0.3) is 11.3 Å². The smallest absolute Gasteiger partial charge is 0.435 e. The largest absolute Gasteiger partial charge is 0.449 e. The van der Waals surface area contributed by atoms with Gasteiger partial charge in [-0.2, -0.15) is 18.3 Å². The molecule has 0 unspecified atom stereocenters. The lowest BCUT2D eigenvalue weighted by Gasteiger charge is -2.12. The zero-order valence-electron chi connectivity index (χ0n) is 17.2. The average Bonchev–Trinajstić information content (AvgIpc) is 3.20. The summed E-state index contributed by atoms with van der Waals surface area (Å²) in [6, 6.07) is 5.96.